The van der Waals surface area contributed by atoms with Gasteiger partial charge in [-0.25, -0.2) is 4.98 Å². The van der Waals surface area contributed by atoms with Crippen LogP contribution in [0.15, 0.2) is 36.5 Å². The lowest BCUT2D eigenvalue weighted by molar-refractivity contribution is 0.347. The molecule has 0 N–H and O–H groups in total. The minimum Gasteiger partial charge on any atom is -0.497 e. The van der Waals surface area contributed by atoms with Gasteiger partial charge in [-0.1, -0.05) is 25.8 Å². The minimum atomic E-state index is 0.607. The molecule has 3 heteroatoms. The van der Waals surface area contributed by atoms with Gasteiger partial charge in [0.25, 0.3) is 0 Å². The Morgan fingerprint density at radius 1 is 0.957 bits per heavy atom. The monoisotopic (exact) mass is 311 g/mol. The normalized spacial score (nSPS) is 21.0. The molecule has 0 saturated heterocycles. The Bertz CT molecular complexity index is 660. The molecule has 1 aliphatic carbocycles. The number of hydrogen-bond donors (Lipinski definition) is 0. The fourth-order valence-corrected chi connectivity index (χ4v) is 3.53. The fraction of sp³-hybridized carbons (Fsp3) is 0.450. The van der Waals surface area contributed by atoms with Gasteiger partial charge in [-0.2, -0.15) is 0 Å². The first kappa shape index (κ1) is 15.9. The van der Waals surface area contributed by atoms with Gasteiger partial charge in [0, 0.05) is 12.3 Å². The van der Waals surface area contributed by atoms with E-state index < -0.39 is 0 Å². The van der Waals surface area contributed by atoms with Crippen molar-refractivity contribution in [1.82, 2.24) is 4.98 Å². The summed E-state index contributed by atoms with van der Waals surface area (Å²) >= 11 is 0. The summed E-state index contributed by atoms with van der Waals surface area (Å²) in [5, 5.41) is 0. The molecule has 3 nitrogen and oxygen atoms in total. The molecule has 1 heterocycles. The number of aromatic nitrogens is 1. The summed E-state index contributed by atoms with van der Waals surface area (Å²) in [7, 11) is 3.39. The lowest BCUT2D eigenvalue weighted by Gasteiger charge is -2.28. The number of nitrogens with zero attached hydrogens (tertiary/aromatic N) is 1. The highest BCUT2D eigenvalue weighted by Crippen LogP contribution is 2.41. The average Bonchev–Trinajstić information content (AvgIpc) is 2.62. The van der Waals surface area contributed by atoms with Gasteiger partial charge in [-0.3, -0.25) is 0 Å². The first-order valence-corrected chi connectivity index (χ1v) is 8.39. The van der Waals surface area contributed by atoms with E-state index in [4.69, 9.17) is 9.47 Å². The van der Waals surface area contributed by atoms with Gasteiger partial charge in [0.05, 0.1) is 14.2 Å². The molecule has 0 atom stereocenters. The van der Waals surface area contributed by atoms with E-state index in [1.54, 1.807) is 14.2 Å². The lowest BCUT2D eigenvalue weighted by Crippen LogP contribution is -2.12. The molecule has 0 radical (unpaired) electrons. The largest absolute Gasteiger partial charge is 0.497 e. The Hall–Kier alpha value is -2.03. The Labute approximate surface area is 138 Å². The van der Waals surface area contributed by atoms with Crippen molar-refractivity contribution in [2.45, 2.75) is 38.5 Å². The molecular formula is C20H25NO2. The van der Waals surface area contributed by atoms with Crippen molar-refractivity contribution in [3.63, 3.8) is 0 Å². The van der Waals surface area contributed by atoms with Crippen LogP contribution in [0.25, 0.3) is 11.1 Å². The maximum Gasteiger partial charge on any atom is 0.213 e. The maximum atomic E-state index is 5.47. The number of ether oxygens (including phenoxy) is 2. The minimum absolute atomic E-state index is 0.607. The SMILES string of the molecule is COc1ccc(-c2ccnc(OC)c2)c(C2CCC(C)CC2)c1. The Kier molecular flexibility index (Phi) is 4.85. The second-order valence-electron chi connectivity index (χ2n) is 6.50. The van der Waals surface area contributed by atoms with Crippen LogP contribution >= 0.6 is 0 Å². The maximum absolute atomic E-state index is 5.47. The van der Waals surface area contributed by atoms with Gasteiger partial charge >= 0.3 is 0 Å². The number of benzene rings is 1. The molecule has 122 valence electrons. The van der Waals surface area contributed by atoms with Crippen molar-refractivity contribution in [3.05, 3.63) is 42.1 Å². The van der Waals surface area contributed by atoms with Gasteiger partial charge in [0.2, 0.25) is 5.88 Å². The van der Waals surface area contributed by atoms with Crippen molar-refractivity contribution in [1.29, 1.82) is 0 Å². The summed E-state index contributed by atoms with van der Waals surface area (Å²) in [6, 6.07) is 10.5. The molecule has 1 saturated carbocycles. The van der Waals surface area contributed by atoms with E-state index in [0.717, 1.165) is 17.2 Å². The van der Waals surface area contributed by atoms with E-state index in [9.17, 15) is 0 Å². The van der Waals surface area contributed by atoms with E-state index in [2.05, 4.69) is 30.1 Å². The Morgan fingerprint density at radius 3 is 2.43 bits per heavy atom. The number of rotatable bonds is 4. The van der Waals surface area contributed by atoms with E-state index in [0.29, 0.717) is 11.8 Å². The van der Waals surface area contributed by atoms with Crippen LogP contribution in [0.5, 0.6) is 11.6 Å². The van der Waals surface area contributed by atoms with Crippen LogP contribution < -0.4 is 9.47 Å². The van der Waals surface area contributed by atoms with Crippen LogP contribution in [-0.2, 0) is 0 Å². The van der Waals surface area contributed by atoms with Crippen LogP contribution in [0, 0.1) is 5.92 Å². The van der Waals surface area contributed by atoms with Crippen LogP contribution in [0.2, 0.25) is 0 Å². The fourth-order valence-electron chi connectivity index (χ4n) is 3.53. The van der Waals surface area contributed by atoms with E-state index in [1.807, 2.05) is 18.3 Å². The molecule has 0 spiro atoms. The summed E-state index contributed by atoms with van der Waals surface area (Å²) in [5.41, 5.74) is 3.82. The highest BCUT2D eigenvalue weighted by molar-refractivity contribution is 5.69. The molecular weight excluding hydrogens is 286 g/mol. The summed E-state index contributed by atoms with van der Waals surface area (Å²) < 4.78 is 10.8. The van der Waals surface area contributed by atoms with E-state index >= 15 is 0 Å². The van der Waals surface area contributed by atoms with Gasteiger partial charge in [-0.15, -0.1) is 0 Å². The van der Waals surface area contributed by atoms with Gasteiger partial charge in [0.15, 0.2) is 0 Å². The standard InChI is InChI=1S/C20H25NO2/c1-14-4-6-15(7-5-14)19-13-17(22-2)8-9-18(19)16-10-11-21-20(12-16)23-3/h8-15H,4-7H2,1-3H3. The number of methoxy groups -OCH3 is 2. The third-order valence-electron chi connectivity index (χ3n) is 4.97. The number of pyridine rings is 1. The van der Waals surface area contributed by atoms with E-state index in [1.165, 1.54) is 36.8 Å². The predicted molar refractivity (Wildman–Crippen MR) is 93.2 cm³/mol. The lowest BCUT2D eigenvalue weighted by atomic mass is 9.77. The van der Waals surface area contributed by atoms with Crippen LogP contribution in [0.4, 0.5) is 0 Å². The first-order valence-electron chi connectivity index (χ1n) is 8.39. The quantitative estimate of drug-likeness (QED) is 0.791. The van der Waals surface area contributed by atoms with Crippen molar-refractivity contribution >= 4 is 0 Å². The highest BCUT2D eigenvalue weighted by Gasteiger charge is 2.23. The summed E-state index contributed by atoms with van der Waals surface area (Å²) in [4.78, 5) is 4.22. The molecule has 1 aliphatic rings. The molecule has 23 heavy (non-hydrogen) atoms. The van der Waals surface area contributed by atoms with Crippen molar-refractivity contribution in [2.24, 2.45) is 5.92 Å². The zero-order chi connectivity index (χ0) is 16.2. The predicted octanol–water partition coefficient (Wildman–Crippen LogP) is 5.06. The highest BCUT2D eigenvalue weighted by atomic mass is 16.5. The summed E-state index contributed by atoms with van der Waals surface area (Å²) in [6.45, 7) is 2.36. The molecule has 0 bridgehead atoms. The third kappa shape index (κ3) is 3.49. The van der Waals surface area contributed by atoms with Crippen molar-refractivity contribution < 1.29 is 9.47 Å². The second kappa shape index (κ2) is 7.03. The molecule has 1 fully saturated rings. The summed E-state index contributed by atoms with van der Waals surface area (Å²) in [5.74, 6) is 3.04. The second-order valence-corrected chi connectivity index (χ2v) is 6.50. The van der Waals surface area contributed by atoms with E-state index in [-0.39, 0.29) is 0 Å². The molecule has 0 unspecified atom stereocenters. The number of hydrogen-bond acceptors (Lipinski definition) is 3. The Morgan fingerprint density at radius 2 is 1.74 bits per heavy atom. The average molecular weight is 311 g/mol. The molecule has 2 aromatic rings. The van der Waals surface area contributed by atoms with Gasteiger partial charge < -0.3 is 9.47 Å². The van der Waals surface area contributed by atoms with Crippen molar-refractivity contribution in [3.8, 4) is 22.8 Å². The van der Waals surface area contributed by atoms with Crippen LogP contribution in [-0.4, -0.2) is 19.2 Å². The van der Waals surface area contributed by atoms with Crippen molar-refractivity contribution in [2.75, 3.05) is 14.2 Å². The molecule has 0 aliphatic heterocycles. The smallest absolute Gasteiger partial charge is 0.213 e. The third-order valence-corrected chi connectivity index (χ3v) is 4.97. The zero-order valence-electron chi connectivity index (χ0n) is 14.2. The summed E-state index contributed by atoms with van der Waals surface area (Å²) in [6.07, 6.45) is 6.93. The first-order chi connectivity index (χ1) is 11.2. The van der Waals surface area contributed by atoms with Crippen LogP contribution in [0.1, 0.15) is 44.1 Å². The molecule has 1 aromatic heterocycles. The topological polar surface area (TPSA) is 31.4 Å². The molecule has 0 amide bonds. The molecule has 1 aromatic carbocycles. The molecule has 3 rings (SSSR count). The van der Waals surface area contributed by atoms with Crippen LogP contribution in [0.3, 0.4) is 0 Å². The Balaban J connectivity index is 2.01. The zero-order valence-corrected chi connectivity index (χ0v) is 14.2. The van der Waals surface area contributed by atoms with Gasteiger partial charge in [-0.05, 0) is 59.6 Å². The van der Waals surface area contributed by atoms with Gasteiger partial charge in [0.1, 0.15) is 5.75 Å².